The van der Waals surface area contributed by atoms with E-state index in [0.29, 0.717) is 13.0 Å². The molecule has 1 saturated heterocycles. The minimum Gasteiger partial charge on any atom is -0.497 e. The molecule has 45 heavy (non-hydrogen) atoms. The van der Waals surface area contributed by atoms with E-state index in [4.69, 9.17) is 37.6 Å². The molecule has 0 spiro atoms. The monoisotopic (exact) mass is 652 g/mol. The van der Waals surface area contributed by atoms with Crippen LogP contribution in [0.5, 0.6) is 5.75 Å². The number of ether oxygens (including phenoxy) is 7. The van der Waals surface area contributed by atoms with Crippen molar-refractivity contribution in [3.05, 3.63) is 42.0 Å². The molecule has 0 saturated carbocycles. The van der Waals surface area contributed by atoms with Crippen molar-refractivity contribution in [2.75, 3.05) is 41.5 Å². The molecule has 0 radical (unpaired) electrons. The van der Waals surface area contributed by atoms with Gasteiger partial charge in [-0.3, -0.25) is 0 Å². The lowest BCUT2D eigenvalue weighted by molar-refractivity contribution is -0.256. The Morgan fingerprint density at radius 3 is 2.13 bits per heavy atom. The average molecular weight is 653 g/mol. The Morgan fingerprint density at radius 2 is 1.58 bits per heavy atom. The smallest absolute Gasteiger partial charge is 0.192 e. The Kier molecular flexibility index (Phi) is 16.4. The fourth-order valence-corrected chi connectivity index (χ4v) is 6.79. The first-order valence-corrected chi connectivity index (χ1v) is 19.0. The largest absolute Gasteiger partial charge is 0.497 e. The van der Waals surface area contributed by atoms with Crippen LogP contribution >= 0.6 is 0 Å². The summed E-state index contributed by atoms with van der Waals surface area (Å²) in [4.78, 5) is 11.6. The van der Waals surface area contributed by atoms with Crippen molar-refractivity contribution in [2.45, 2.75) is 104 Å². The number of carbonyl (C=O) groups is 1. The lowest BCUT2D eigenvalue weighted by atomic mass is 9.86. The number of aldehydes is 1. The SMILES string of the molecule is COCO[C@H]([C@@H](C)C=O)[C@@H](C)/C=C\[C@H](C[C@H](O[Si](C)(C)C(C)(C)C)[C@H](C)[C@@H]1O[C@H](c2ccc(OC)cc2)OC[C@@H]1C)OCOC. The second kappa shape index (κ2) is 18.6. The molecule has 1 aromatic rings. The standard InChI is InChI=1S/C35H60O9Si/c1-24(32(25(2)20-36)42-23-38-9)13-16-30(41-22-37-8)19-31(44-45(11,12)35(5,6)7)27(4)33-26(3)21-40-34(43-33)28-14-17-29(39-10)18-15-28/h13-18,20,24-27,30-34H,19,21-23H2,1-12H3/b16-13-/t24-,25-,26-,27-,30+,31-,32-,33+,34+/m0/s1. The fourth-order valence-electron chi connectivity index (χ4n) is 5.37. The Labute approximate surface area is 273 Å². The number of benzene rings is 1. The van der Waals surface area contributed by atoms with Crippen LogP contribution in [0.15, 0.2) is 36.4 Å². The van der Waals surface area contributed by atoms with Crippen LogP contribution in [-0.4, -0.2) is 80.5 Å². The summed E-state index contributed by atoms with van der Waals surface area (Å²) < 4.78 is 47.9. The van der Waals surface area contributed by atoms with Gasteiger partial charge < -0.3 is 42.4 Å². The van der Waals surface area contributed by atoms with Gasteiger partial charge in [-0.1, -0.05) is 72.8 Å². The van der Waals surface area contributed by atoms with Crippen LogP contribution in [0.4, 0.5) is 0 Å². The molecule has 9 atom stereocenters. The lowest BCUT2D eigenvalue weighted by Crippen LogP contribution is -2.50. The summed E-state index contributed by atoms with van der Waals surface area (Å²) in [5.41, 5.74) is 0.954. The molecule has 1 aromatic carbocycles. The van der Waals surface area contributed by atoms with Gasteiger partial charge in [-0.05, 0) is 30.3 Å². The third-order valence-corrected chi connectivity index (χ3v) is 13.7. The normalized spacial score (nSPS) is 23.7. The predicted molar refractivity (Wildman–Crippen MR) is 179 cm³/mol. The lowest BCUT2D eigenvalue weighted by Gasteiger charge is -2.45. The van der Waals surface area contributed by atoms with Gasteiger partial charge in [0.05, 0.1) is 38.1 Å². The molecule has 0 bridgehead atoms. The van der Waals surface area contributed by atoms with Gasteiger partial charge in [0.1, 0.15) is 25.6 Å². The van der Waals surface area contributed by atoms with Gasteiger partial charge in [-0.2, -0.15) is 0 Å². The molecule has 1 fully saturated rings. The quantitative estimate of drug-likeness (QED) is 0.0668. The highest BCUT2D eigenvalue weighted by molar-refractivity contribution is 6.74. The molecular weight excluding hydrogens is 592 g/mol. The van der Waals surface area contributed by atoms with E-state index in [1.54, 1.807) is 21.3 Å². The maximum absolute atomic E-state index is 11.6. The fraction of sp³-hybridized carbons (Fsp3) is 0.743. The van der Waals surface area contributed by atoms with Crippen molar-refractivity contribution in [1.82, 2.24) is 0 Å². The van der Waals surface area contributed by atoms with Gasteiger partial charge in [0, 0.05) is 49.9 Å². The van der Waals surface area contributed by atoms with Crippen LogP contribution < -0.4 is 4.74 Å². The van der Waals surface area contributed by atoms with Crippen molar-refractivity contribution in [3.63, 3.8) is 0 Å². The highest BCUT2D eigenvalue weighted by Gasteiger charge is 2.44. The summed E-state index contributed by atoms with van der Waals surface area (Å²) >= 11 is 0. The van der Waals surface area contributed by atoms with Gasteiger partial charge in [-0.25, -0.2) is 0 Å². The topological polar surface area (TPSA) is 90.9 Å². The van der Waals surface area contributed by atoms with Crippen LogP contribution in [0.1, 0.15) is 66.7 Å². The van der Waals surface area contributed by atoms with Crippen LogP contribution in [0.3, 0.4) is 0 Å². The molecular formula is C35H60O9Si. The zero-order valence-electron chi connectivity index (χ0n) is 29.7. The predicted octanol–water partition coefficient (Wildman–Crippen LogP) is 7.17. The van der Waals surface area contributed by atoms with Gasteiger partial charge in [0.15, 0.2) is 14.6 Å². The van der Waals surface area contributed by atoms with Crippen molar-refractivity contribution < 1.29 is 42.4 Å². The summed E-state index contributed by atoms with van der Waals surface area (Å²) in [7, 11) is 2.66. The van der Waals surface area contributed by atoms with E-state index in [0.717, 1.165) is 17.6 Å². The number of rotatable bonds is 19. The third kappa shape index (κ3) is 11.8. The van der Waals surface area contributed by atoms with Gasteiger partial charge >= 0.3 is 0 Å². The molecule has 10 heteroatoms. The van der Waals surface area contributed by atoms with E-state index in [-0.39, 0.29) is 66.7 Å². The Hall–Kier alpha value is -1.63. The Bertz CT molecular complexity index is 1010. The second-order valence-electron chi connectivity index (χ2n) is 13.9. The number of methoxy groups -OCH3 is 3. The van der Waals surface area contributed by atoms with Crippen LogP contribution in [0, 0.1) is 23.7 Å². The molecule has 2 rings (SSSR count). The summed E-state index contributed by atoms with van der Waals surface area (Å²) in [6, 6.07) is 7.82. The molecule has 0 amide bonds. The van der Waals surface area contributed by atoms with Crippen LogP contribution in [0.25, 0.3) is 0 Å². The summed E-state index contributed by atoms with van der Waals surface area (Å²) in [6.45, 7) is 20.4. The number of carbonyl (C=O) groups excluding carboxylic acids is 1. The summed E-state index contributed by atoms with van der Waals surface area (Å²) in [6.07, 6.45) is 4.26. The molecule has 258 valence electrons. The summed E-state index contributed by atoms with van der Waals surface area (Å²) in [5.74, 6) is 0.634. The van der Waals surface area contributed by atoms with Crippen LogP contribution in [0.2, 0.25) is 18.1 Å². The minimum atomic E-state index is -2.19. The van der Waals surface area contributed by atoms with Crippen molar-refractivity contribution in [1.29, 1.82) is 0 Å². The van der Waals surface area contributed by atoms with E-state index in [1.807, 2.05) is 44.2 Å². The maximum Gasteiger partial charge on any atom is 0.192 e. The van der Waals surface area contributed by atoms with Crippen LogP contribution in [-0.2, 0) is 37.6 Å². The van der Waals surface area contributed by atoms with E-state index >= 15 is 0 Å². The van der Waals surface area contributed by atoms with Crippen molar-refractivity contribution in [3.8, 4) is 5.75 Å². The molecule has 0 aromatic heterocycles. The summed E-state index contributed by atoms with van der Waals surface area (Å²) in [5, 5.41) is 0.0167. The molecule has 0 unspecified atom stereocenters. The van der Waals surface area contributed by atoms with E-state index in [9.17, 15) is 4.79 Å². The van der Waals surface area contributed by atoms with Crippen molar-refractivity contribution in [2.24, 2.45) is 23.7 Å². The molecule has 1 aliphatic rings. The molecule has 1 aliphatic heterocycles. The van der Waals surface area contributed by atoms with Gasteiger partial charge in [0.2, 0.25) is 0 Å². The number of hydrogen-bond donors (Lipinski definition) is 0. The molecule has 0 N–H and O–H groups in total. The maximum atomic E-state index is 11.6. The first-order chi connectivity index (χ1) is 21.2. The first-order valence-electron chi connectivity index (χ1n) is 16.1. The minimum absolute atomic E-state index is 0.0167. The number of hydrogen-bond acceptors (Lipinski definition) is 9. The van der Waals surface area contributed by atoms with Gasteiger partial charge in [-0.15, -0.1) is 0 Å². The molecule has 9 nitrogen and oxygen atoms in total. The second-order valence-corrected chi connectivity index (χ2v) is 18.7. The average Bonchev–Trinajstić information content (AvgIpc) is 3.01. The Balaban J connectivity index is 2.38. The van der Waals surface area contributed by atoms with E-state index < -0.39 is 14.6 Å². The third-order valence-electron chi connectivity index (χ3n) is 9.22. The van der Waals surface area contributed by atoms with E-state index in [1.165, 1.54) is 0 Å². The highest BCUT2D eigenvalue weighted by Crippen LogP contribution is 2.41. The van der Waals surface area contributed by atoms with E-state index in [2.05, 4.69) is 53.8 Å². The van der Waals surface area contributed by atoms with Crippen molar-refractivity contribution >= 4 is 14.6 Å². The van der Waals surface area contributed by atoms with Gasteiger partial charge in [0.25, 0.3) is 0 Å². The zero-order valence-corrected chi connectivity index (χ0v) is 30.7. The highest BCUT2D eigenvalue weighted by atomic mass is 28.4. The molecule has 0 aliphatic carbocycles. The first kappa shape index (κ1) is 39.5. The molecule has 1 heterocycles. The Morgan fingerprint density at radius 1 is 0.956 bits per heavy atom. The zero-order chi connectivity index (χ0) is 33.8.